The van der Waals surface area contributed by atoms with E-state index in [0.29, 0.717) is 30.0 Å². The van der Waals surface area contributed by atoms with E-state index >= 15 is 0 Å². The van der Waals surface area contributed by atoms with Gasteiger partial charge in [0.25, 0.3) is 11.8 Å². The first-order valence-electron chi connectivity index (χ1n) is 13.8. The maximum Gasteiger partial charge on any atom is 0.255 e. The van der Waals surface area contributed by atoms with E-state index in [1.54, 1.807) is 13.2 Å². The van der Waals surface area contributed by atoms with Crippen LogP contribution < -0.4 is 15.5 Å². The van der Waals surface area contributed by atoms with Crippen molar-refractivity contribution < 1.29 is 14.3 Å². The number of ether oxygens (including phenoxy) is 1. The molecule has 0 atom stereocenters. The van der Waals surface area contributed by atoms with Crippen LogP contribution in [0.15, 0.2) is 91.0 Å². The van der Waals surface area contributed by atoms with Crippen molar-refractivity contribution in [2.24, 2.45) is 0 Å². The minimum Gasteiger partial charge on any atom is -0.385 e. The maximum atomic E-state index is 13.3. The van der Waals surface area contributed by atoms with Gasteiger partial charge in [-0.1, -0.05) is 60.7 Å². The molecular formula is C33H36N4O3. The molecule has 7 heteroatoms. The minimum atomic E-state index is -0.209. The van der Waals surface area contributed by atoms with Crippen LogP contribution in [0.1, 0.15) is 32.7 Å². The number of carbonyl (C=O) groups excluding carboxylic acids is 2. The van der Waals surface area contributed by atoms with E-state index in [2.05, 4.69) is 44.7 Å². The van der Waals surface area contributed by atoms with E-state index in [1.807, 2.05) is 60.7 Å². The molecule has 1 heterocycles. The van der Waals surface area contributed by atoms with Crippen LogP contribution in [0.5, 0.6) is 0 Å². The molecule has 0 spiro atoms. The van der Waals surface area contributed by atoms with Crippen molar-refractivity contribution in [2.75, 3.05) is 56.7 Å². The van der Waals surface area contributed by atoms with Gasteiger partial charge in [-0.15, -0.1) is 0 Å². The number of amides is 2. The zero-order chi connectivity index (χ0) is 27.7. The van der Waals surface area contributed by atoms with Crippen molar-refractivity contribution in [1.29, 1.82) is 0 Å². The Bertz CT molecular complexity index is 1450. The lowest BCUT2D eigenvalue weighted by atomic mass is 10.1. The molecular weight excluding hydrogens is 500 g/mol. The van der Waals surface area contributed by atoms with Crippen molar-refractivity contribution in [1.82, 2.24) is 10.2 Å². The average Bonchev–Trinajstić information content (AvgIpc) is 3.00. The van der Waals surface area contributed by atoms with Crippen LogP contribution in [0.2, 0.25) is 0 Å². The summed E-state index contributed by atoms with van der Waals surface area (Å²) in [6, 6.07) is 29.7. The third kappa shape index (κ3) is 6.86. The molecule has 0 saturated carbocycles. The summed E-state index contributed by atoms with van der Waals surface area (Å²) in [6.07, 6.45) is 0.730. The van der Waals surface area contributed by atoms with Crippen molar-refractivity contribution in [2.45, 2.75) is 13.0 Å². The van der Waals surface area contributed by atoms with Crippen molar-refractivity contribution in [3.8, 4) is 0 Å². The van der Waals surface area contributed by atoms with E-state index < -0.39 is 0 Å². The summed E-state index contributed by atoms with van der Waals surface area (Å²) in [6.45, 7) is 5.47. The average molecular weight is 537 g/mol. The number of hydrogen-bond acceptors (Lipinski definition) is 5. The van der Waals surface area contributed by atoms with E-state index in [4.69, 9.17) is 4.74 Å². The van der Waals surface area contributed by atoms with Crippen LogP contribution >= 0.6 is 0 Å². The molecule has 1 aliphatic heterocycles. The Hall–Kier alpha value is -4.20. The number of anilines is 2. The van der Waals surface area contributed by atoms with Crippen LogP contribution in [0.4, 0.5) is 11.4 Å². The van der Waals surface area contributed by atoms with Crippen LogP contribution in [0.25, 0.3) is 10.8 Å². The predicted octanol–water partition coefficient (Wildman–Crippen LogP) is 5.18. The van der Waals surface area contributed by atoms with Gasteiger partial charge in [0.15, 0.2) is 0 Å². The summed E-state index contributed by atoms with van der Waals surface area (Å²) in [7, 11) is 1.65. The van der Waals surface area contributed by atoms with Gasteiger partial charge in [-0.2, -0.15) is 0 Å². The number of carbonyl (C=O) groups is 2. The molecule has 2 amide bonds. The number of benzene rings is 4. The van der Waals surface area contributed by atoms with Gasteiger partial charge < -0.3 is 20.3 Å². The smallest absolute Gasteiger partial charge is 0.255 e. The topological polar surface area (TPSA) is 73.9 Å². The lowest BCUT2D eigenvalue weighted by molar-refractivity contribution is 0.0947. The normalized spacial score (nSPS) is 13.8. The number of methoxy groups -OCH3 is 1. The van der Waals surface area contributed by atoms with Crippen LogP contribution in [0.3, 0.4) is 0 Å². The standard InChI is InChI=1S/C33H36N4O3/c1-40-21-7-16-34-33(39)30-23-29(35-32(38)28-13-12-26-10-5-6-11-27(26)22-28)14-15-31(30)37-19-17-36(18-20-37)24-25-8-3-2-4-9-25/h2-6,8-15,22-23H,7,16-21,24H2,1H3,(H,34,39)(H,35,38). The monoisotopic (exact) mass is 536 g/mol. The highest BCUT2D eigenvalue weighted by Gasteiger charge is 2.22. The van der Waals surface area contributed by atoms with Gasteiger partial charge in [-0.3, -0.25) is 14.5 Å². The largest absolute Gasteiger partial charge is 0.385 e. The zero-order valence-electron chi connectivity index (χ0n) is 22.9. The fourth-order valence-electron chi connectivity index (χ4n) is 5.11. The Morgan fingerprint density at radius 3 is 2.33 bits per heavy atom. The first-order chi connectivity index (χ1) is 19.6. The SMILES string of the molecule is COCCCNC(=O)c1cc(NC(=O)c2ccc3ccccc3c2)ccc1N1CCN(Cc2ccccc2)CC1. The zero-order valence-corrected chi connectivity index (χ0v) is 22.9. The predicted molar refractivity (Wildman–Crippen MR) is 161 cm³/mol. The first-order valence-corrected chi connectivity index (χ1v) is 13.8. The lowest BCUT2D eigenvalue weighted by Gasteiger charge is -2.37. The van der Waals surface area contributed by atoms with E-state index in [0.717, 1.165) is 55.6 Å². The van der Waals surface area contributed by atoms with E-state index in [9.17, 15) is 9.59 Å². The van der Waals surface area contributed by atoms with Gasteiger partial charge in [0.05, 0.1) is 5.56 Å². The molecule has 40 heavy (non-hydrogen) atoms. The second-order valence-corrected chi connectivity index (χ2v) is 10.1. The summed E-state index contributed by atoms with van der Waals surface area (Å²) in [5.41, 5.74) is 3.91. The molecule has 1 aliphatic rings. The van der Waals surface area contributed by atoms with Crippen molar-refractivity contribution >= 4 is 34.0 Å². The molecule has 4 aromatic carbocycles. The third-order valence-corrected chi connectivity index (χ3v) is 7.28. The lowest BCUT2D eigenvalue weighted by Crippen LogP contribution is -2.46. The Morgan fingerprint density at radius 2 is 1.55 bits per heavy atom. The van der Waals surface area contributed by atoms with Gasteiger partial charge >= 0.3 is 0 Å². The van der Waals surface area contributed by atoms with Gasteiger partial charge in [0, 0.05) is 69.9 Å². The van der Waals surface area contributed by atoms with Crippen LogP contribution in [-0.4, -0.2) is 63.2 Å². The molecule has 1 fully saturated rings. The second kappa shape index (κ2) is 13.2. The molecule has 0 bridgehead atoms. The summed E-state index contributed by atoms with van der Waals surface area (Å²) in [4.78, 5) is 31.1. The molecule has 0 unspecified atom stereocenters. The maximum absolute atomic E-state index is 13.3. The summed E-state index contributed by atoms with van der Waals surface area (Å²) >= 11 is 0. The molecule has 2 N–H and O–H groups in total. The highest BCUT2D eigenvalue weighted by Crippen LogP contribution is 2.27. The highest BCUT2D eigenvalue weighted by molar-refractivity contribution is 6.08. The molecule has 1 saturated heterocycles. The quantitative estimate of drug-likeness (QED) is 0.273. The molecule has 206 valence electrons. The molecule has 0 aliphatic carbocycles. The molecule has 7 nitrogen and oxygen atoms in total. The number of fused-ring (bicyclic) bond motifs is 1. The Labute approximate surface area is 235 Å². The molecule has 5 rings (SSSR count). The Morgan fingerprint density at radius 1 is 0.800 bits per heavy atom. The number of nitrogens with zero attached hydrogens (tertiary/aromatic N) is 2. The highest BCUT2D eigenvalue weighted by atomic mass is 16.5. The Balaban J connectivity index is 1.31. The summed E-state index contributed by atoms with van der Waals surface area (Å²) in [5.74, 6) is -0.362. The number of hydrogen-bond donors (Lipinski definition) is 2. The van der Waals surface area contributed by atoms with Gasteiger partial charge in [-0.05, 0) is 53.1 Å². The van der Waals surface area contributed by atoms with Crippen molar-refractivity contribution in [3.63, 3.8) is 0 Å². The van der Waals surface area contributed by atoms with E-state index in [1.165, 1.54) is 5.56 Å². The number of nitrogens with one attached hydrogen (secondary N) is 2. The number of piperazine rings is 1. The second-order valence-electron chi connectivity index (χ2n) is 10.1. The van der Waals surface area contributed by atoms with Crippen LogP contribution in [-0.2, 0) is 11.3 Å². The first kappa shape index (κ1) is 27.4. The fraction of sp³-hybridized carbons (Fsp3) is 0.273. The molecule has 0 aromatic heterocycles. The molecule has 0 radical (unpaired) electrons. The minimum absolute atomic E-state index is 0.153. The Kier molecular flexibility index (Phi) is 9.06. The van der Waals surface area contributed by atoms with Gasteiger partial charge in [-0.25, -0.2) is 0 Å². The number of rotatable bonds is 10. The van der Waals surface area contributed by atoms with E-state index in [-0.39, 0.29) is 11.8 Å². The third-order valence-electron chi connectivity index (χ3n) is 7.28. The molecule has 4 aromatic rings. The van der Waals surface area contributed by atoms with Gasteiger partial charge in [0.2, 0.25) is 0 Å². The van der Waals surface area contributed by atoms with Crippen molar-refractivity contribution in [3.05, 3.63) is 108 Å². The summed E-state index contributed by atoms with van der Waals surface area (Å²) < 4.78 is 5.12. The fourth-order valence-corrected chi connectivity index (χ4v) is 5.11. The van der Waals surface area contributed by atoms with Crippen LogP contribution in [0, 0.1) is 0 Å². The summed E-state index contributed by atoms with van der Waals surface area (Å²) in [5, 5.41) is 8.10. The van der Waals surface area contributed by atoms with Gasteiger partial charge in [0.1, 0.15) is 0 Å².